The third kappa shape index (κ3) is 9.87. The highest BCUT2D eigenvalue weighted by molar-refractivity contribution is 5.98. The van der Waals surface area contributed by atoms with Crippen LogP contribution in [0.3, 0.4) is 0 Å². The van der Waals surface area contributed by atoms with Crippen LogP contribution in [0.25, 0.3) is 83.9 Å². The number of para-hydroxylation sites is 1. The van der Waals surface area contributed by atoms with Crippen molar-refractivity contribution in [1.29, 1.82) is 0 Å². The van der Waals surface area contributed by atoms with Gasteiger partial charge in [0.1, 0.15) is 11.6 Å². The molecule has 71 heavy (non-hydrogen) atoms. The lowest BCUT2D eigenvalue weighted by atomic mass is 9.79. The molecule has 2 heterocycles. The maximum Gasteiger partial charge on any atom is 0.149 e. The molecule has 0 bridgehead atoms. The molecule has 0 fully saturated rings. The molecule has 0 unspecified atom stereocenters. The number of hydrogen-bond donors (Lipinski definition) is 1. The lowest BCUT2D eigenvalue weighted by molar-refractivity contribution is 0.446. The van der Waals surface area contributed by atoms with Crippen molar-refractivity contribution in [2.45, 2.75) is 124 Å². The zero-order valence-electron chi connectivity index (χ0n) is 70.4. The monoisotopic (exact) mass is 965 g/mol. The van der Waals surface area contributed by atoms with E-state index in [0.717, 1.165) is 22.3 Å². The zero-order valence-corrected chi connectivity index (χ0v) is 39.4. The second-order valence-corrected chi connectivity index (χ2v) is 18.5. The molecule has 2 aromatic heterocycles. The molecule has 0 aliphatic rings. The molecule has 0 spiro atoms. The van der Waals surface area contributed by atoms with E-state index in [1.165, 1.54) is 48.7 Å². The number of phenols is 1. The summed E-state index contributed by atoms with van der Waals surface area (Å²) in [6.07, 6.45) is 1.44. The molecule has 360 valence electrons. The van der Waals surface area contributed by atoms with E-state index >= 15 is 0 Å². The van der Waals surface area contributed by atoms with Gasteiger partial charge in [0, 0.05) is 65.4 Å². The predicted molar refractivity (Wildman–Crippen MR) is 302 cm³/mol. The van der Waals surface area contributed by atoms with E-state index in [-0.39, 0.29) is 40.0 Å². The number of pyridine rings is 1. The molecule has 0 aliphatic heterocycles. The molecule has 0 aliphatic carbocycles. The zero-order chi connectivity index (χ0) is 76.7. The van der Waals surface area contributed by atoms with Gasteiger partial charge in [-0.2, -0.15) is 0 Å². The van der Waals surface area contributed by atoms with Gasteiger partial charge in [-0.1, -0.05) is 186 Å². The topological polar surface area (TPSA) is 50.9 Å². The van der Waals surface area contributed by atoms with Crippen molar-refractivity contribution in [3.05, 3.63) is 191 Å². The van der Waals surface area contributed by atoms with E-state index in [1.54, 1.807) is 86.6 Å². The van der Waals surface area contributed by atoms with Gasteiger partial charge >= 0.3 is 0 Å². The van der Waals surface area contributed by atoms with Crippen molar-refractivity contribution in [3.8, 4) is 78.6 Å². The fourth-order valence-corrected chi connectivity index (χ4v) is 8.82. The lowest BCUT2D eigenvalue weighted by Gasteiger charge is -2.27. The second-order valence-electron chi connectivity index (χ2n) is 18.5. The summed E-state index contributed by atoms with van der Waals surface area (Å²) < 4.78 is 271. The molecule has 1 N–H and O–H groups in total. The number of aromatic hydroxyl groups is 1. The van der Waals surface area contributed by atoms with Crippen LogP contribution in [0.5, 0.6) is 5.75 Å². The average molecular weight is 966 g/mol. The number of nitrogens with zero attached hydrogens (tertiary/aromatic N) is 3. The predicted octanol–water partition coefficient (Wildman–Crippen LogP) is 18.6. The molecule has 0 radical (unpaired) electrons. The molecule has 9 rings (SSSR count). The summed E-state index contributed by atoms with van der Waals surface area (Å²) in [6, 6.07) is 37.0. The van der Waals surface area contributed by atoms with E-state index in [0.29, 0.717) is 56.1 Å². The number of hydrogen-bond acceptors (Lipinski definition) is 3. The quantitative estimate of drug-likeness (QED) is 0.157. The van der Waals surface area contributed by atoms with Gasteiger partial charge in [0.05, 0.1) is 28.0 Å². The largest absolute Gasteiger partial charge is 0.507 e. The molecule has 0 saturated heterocycles. The molecule has 4 heteroatoms. The Bertz CT molecular complexity index is 4520. The minimum absolute atomic E-state index is 0.0932. The number of rotatable bonds is 9. The van der Waals surface area contributed by atoms with E-state index in [4.69, 9.17) is 48.3 Å². The summed E-state index contributed by atoms with van der Waals surface area (Å²) in [7, 11) is 0. The first-order valence-electron chi connectivity index (χ1n) is 38.3. The Morgan fingerprint density at radius 1 is 0.521 bits per heavy atom. The second kappa shape index (κ2) is 18.6. The minimum atomic E-state index is -4.33. The summed E-state index contributed by atoms with van der Waals surface area (Å²) in [4.78, 5) is 9.76. The Balaban J connectivity index is 1.45. The van der Waals surface area contributed by atoms with Crippen LogP contribution in [0.4, 0.5) is 0 Å². The SMILES string of the molecule is [2H]C([2H])([2H])c1cc(-c2cc(C(C)C)cc(C([2H])(C)C)c2)ccc1-n1c(-c2cc(C(C([2H])([2H])[2H])(C([2H])([2H])[2H])C([2H])([2H])[2H])cc(C(C([2H])([2H])[2H])(C([2H])([2H])[2H])C([2H])([2H])[2H])c2O)nc2c(-c3cc(-c4ccccc4)cc(-c4cc(-c5ccc(C(C([2H])([2H])[2H])(C([2H])([2H])[2H])C([2H])([2H])[2H])cc5)ccn4)c3)cccc21. The Labute approximate surface area is 467 Å². The smallest absolute Gasteiger partial charge is 0.149 e. The van der Waals surface area contributed by atoms with Crippen LogP contribution in [0.2, 0.25) is 0 Å². The van der Waals surface area contributed by atoms with Crippen molar-refractivity contribution in [3.63, 3.8) is 0 Å². The summed E-state index contributed by atoms with van der Waals surface area (Å²) in [5.74, 6) is -3.61. The third-order valence-electron chi connectivity index (χ3n) is 12.7. The van der Waals surface area contributed by atoms with E-state index in [2.05, 4.69) is 0 Å². The maximum absolute atomic E-state index is 13.2. The molecular formula is C67H71N3O. The number of imidazole rings is 1. The van der Waals surface area contributed by atoms with Crippen molar-refractivity contribution in [1.82, 2.24) is 14.5 Å². The normalized spacial score (nSPS) is 20.8. The van der Waals surface area contributed by atoms with Gasteiger partial charge in [0.2, 0.25) is 0 Å². The molecule has 0 atom stereocenters. The summed E-state index contributed by atoms with van der Waals surface area (Å²) in [5.41, 5.74) is -12.3. The van der Waals surface area contributed by atoms with Crippen LogP contribution in [-0.2, 0) is 16.2 Å². The number of fused-ring (bicyclic) bond motifs is 1. The van der Waals surface area contributed by atoms with Crippen molar-refractivity contribution >= 4 is 11.0 Å². The number of benzene rings is 7. The summed E-state index contributed by atoms with van der Waals surface area (Å²) in [6.45, 7) is -32.1. The summed E-state index contributed by atoms with van der Waals surface area (Å²) in [5, 5.41) is 13.2. The van der Waals surface area contributed by atoms with Gasteiger partial charge in [-0.15, -0.1) is 0 Å². The van der Waals surface area contributed by atoms with E-state index in [9.17, 15) is 9.22 Å². The first kappa shape index (κ1) is 23.9. The standard InChI is InChI=1S/C67H71N3O/c1-41(2)48-32-49(42(3)4)34-51(33-48)46-25-28-60(43(5)31-46)70-61-22-18-21-56(62(61)69-64(70)57-39-55(66(9,10)11)40-58(63(57)71)67(12,13)14)52-35-50(44-19-16-15-17-20-44)36-53(37-52)59-38-47(29-30-68-59)45-23-26-54(27-24-45)65(6,7)8/h15-42,71H,1-14H3/i5D3,6D3,7D3,8D3,9D3,10D3,11D3,12D3,13D3,14D3,41D. The van der Waals surface area contributed by atoms with Gasteiger partial charge < -0.3 is 5.11 Å². The van der Waals surface area contributed by atoms with Crippen molar-refractivity contribution < 1.29 is 47.6 Å². The van der Waals surface area contributed by atoms with Crippen LogP contribution >= 0.6 is 0 Å². The molecular weight excluding hydrogens is 863 g/mol. The molecule has 7 aromatic carbocycles. The number of aryl methyl sites for hydroxylation is 1. The Morgan fingerprint density at radius 2 is 1.17 bits per heavy atom. The lowest BCUT2D eigenvalue weighted by Crippen LogP contribution is -2.17. The van der Waals surface area contributed by atoms with Crippen LogP contribution in [0.15, 0.2) is 158 Å². The van der Waals surface area contributed by atoms with Gasteiger partial charge in [-0.3, -0.25) is 9.55 Å². The average Bonchev–Trinajstić information content (AvgIpc) is 0.838. The van der Waals surface area contributed by atoms with Gasteiger partial charge in [0.15, 0.2) is 0 Å². The van der Waals surface area contributed by atoms with E-state index < -0.39 is 130 Å². The first-order chi connectivity index (χ1) is 46.3. The maximum atomic E-state index is 13.2. The minimum Gasteiger partial charge on any atom is -0.507 e. The van der Waals surface area contributed by atoms with Gasteiger partial charge in [0.25, 0.3) is 0 Å². The van der Waals surface area contributed by atoms with Gasteiger partial charge in [-0.05, 0) is 156 Å². The molecule has 9 aromatic rings. The Kier molecular flexibility index (Phi) is 6.27. The molecule has 4 nitrogen and oxygen atoms in total. The van der Waals surface area contributed by atoms with Crippen LogP contribution in [0.1, 0.15) is 177 Å². The van der Waals surface area contributed by atoms with Crippen LogP contribution in [-0.4, -0.2) is 19.6 Å². The Morgan fingerprint density at radius 3 is 1.87 bits per heavy atom. The highest BCUT2D eigenvalue weighted by atomic mass is 16.3. The fourth-order valence-electron chi connectivity index (χ4n) is 8.82. The van der Waals surface area contributed by atoms with Gasteiger partial charge in [-0.25, -0.2) is 4.98 Å². The Hall–Kier alpha value is -7.04. The van der Waals surface area contributed by atoms with Crippen LogP contribution in [0, 0.1) is 6.85 Å². The van der Waals surface area contributed by atoms with Crippen molar-refractivity contribution in [2.24, 2.45) is 0 Å². The fraction of sp³-hybridized carbons (Fsp3) is 0.284. The molecule has 0 amide bonds. The number of aromatic nitrogens is 3. The summed E-state index contributed by atoms with van der Waals surface area (Å²) >= 11 is 0. The van der Waals surface area contributed by atoms with E-state index in [1.807, 2.05) is 26.0 Å². The highest BCUT2D eigenvalue weighted by Crippen LogP contribution is 2.46. The first-order valence-corrected chi connectivity index (χ1v) is 22.8. The van der Waals surface area contributed by atoms with Crippen LogP contribution < -0.4 is 0 Å². The highest BCUT2D eigenvalue weighted by Gasteiger charge is 2.29. The number of phenolic OH excluding ortho intramolecular Hbond substituents is 1. The third-order valence-corrected chi connectivity index (χ3v) is 12.7. The van der Waals surface area contributed by atoms with Crippen molar-refractivity contribution in [2.75, 3.05) is 0 Å². The molecule has 0 saturated carbocycles.